The highest BCUT2D eigenvalue weighted by Crippen LogP contribution is 2.19. The van der Waals surface area contributed by atoms with Crippen molar-refractivity contribution >= 4 is 5.84 Å². The number of amidine groups is 1. The van der Waals surface area contributed by atoms with E-state index in [9.17, 15) is 0 Å². The molecule has 0 spiro atoms. The summed E-state index contributed by atoms with van der Waals surface area (Å²) in [5, 5.41) is 7.43. The lowest BCUT2D eigenvalue weighted by Gasteiger charge is -2.16. The van der Waals surface area contributed by atoms with Crippen LogP contribution in [0.2, 0.25) is 0 Å². The summed E-state index contributed by atoms with van der Waals surface area (Å²) in [7, 11) is 0. The van der Waals surface area contributed by atoms with Gasteiger partial charge in [-0.2, -0.15) is 0 Å². The zero-order chi connectivity index (χ0) is 13.0. The molecule has 4 heteroatoms. The van der Waals surface area contributed by atoms with Gasteiger partial charge in [0.1, 0.15) is 18.2 Å². The van der Waals surface area contributed by atoms with E-state index in [0.717, 1.165) is 23.4 Å². The van der Waals surface area contributed by atoms with Crippen LogP contribution in [0, 0.1) is 12.3 Å². The Balaban J connectivity index is 1.91. The van der Waals surface area contributed by atoms with E-state index < -0.39 is 0 Å². The highest BCUT2D eigenvalue weighted by molar-refractivity contribution is 5.95. The van der Waals surface area contributed by atoms with Gasteiger partial charge >= 0.3 is 0 Å². The van der Waals surface area contributed by atoms with E-state index in [1.54, 1.807) is 0 Å². The predicted octanol–water partition coefficient (Wildman–Crippen LogP) is 1.75. The molecule has 1 aromatic carbocycles. The Morgan fingerprint density at radius 3 is 2.78 bits per heavy atom. The first-order valence-electron chi connectivity index (χ1n) is 6.47. The monoisotopic (exact) mass is 247 g/mol. The molecule has 0 amide bonds. The van der Waals surface area contributed by atoms with Crippen molar-refractivity contribution in [1.82, 2.24) is 4.90 Å². The molecule has 1 aliphatic rings. The van der Waals surface area contributed by atoms with Crippen molar-refractivity contribution in [2.24, 2.45) is 5.73 Å². The second-order valence-electron chi connectivity index (χ2n) is 4.79. The van der Waals surface area contributed by atoms with Crippen molar-refractivity contribution in [3.8, 4) is 5.75 Å². The summed E-state index contributed by atoms with van der Waals surface area (Å²) < 4.78 is 5.80. The number of nitrogens with zero attached hydrogens (tertiary/aromatic N) is 1. The highest BCUT2D eigenvalue weighted by Gasteiger charge is 2.11. The average molecular weight is 247 g/mol. The normalized spacial score (nSPS) is 15.8. The van der Waals surface area contributed by atoms with Crippen LogP contribution in [0.25, 0.3) is 0 Å². The third-order valence-corrected chi connectivity index (χ3v) is 3.36. The van der Waals surface area contributed by atoms with Gasteiger partial charge in [-0.05, 0) is 44.5 Å². The maximum absolute atomic E-state index is 7.43. The lowest BCUT2D eigenvalue weighted by molar-refractivity contribution is 0.237. The minimum atomic E-state index is 0.0828. The van der Waals surface area contributed by atoms with Crippen molar-refractivity contribution in [3.05, 3.63) is 29.3 Å². The van der Waals surface area contributed by atoms with Gasteiger partial charge in [0.15, 0.2) is 0 Å². The van der Waals surface area contributed by atoms with Crippen LogP contribution in [0.3, 0.4) is 0 Å². The molecule has 18 heavy (non-hydrogen) atoms. The number of benzene rings is 1. The number of hydrogen-bond acceptors (Lipinski definition) is 3. The molecule has 0 radical (unpaired) electrons. The fourth-order valence-electron chi connectivity index (χ4n) is 2.21. The molecular formula is C14H21N3O. The van der Waals surface area contributed by atoms with Crippen LogP contribution in [0.5, 0.6) is 5.75 Å². The molecule has 0 aromatic heterocycles. The third-order valence-electron chi connectivity index (χ3n) is 3.36. The molecule has 0 unspecified atom stereocenters. The number of likely N-dealkylation sites (tertiary alicyclic amines) is 1. The quantitative estimate of drug-likeness (QED) is 0.615. The molecule has 2 rings (SSSR count). The topological polar surface area (TPSA) is 62.3 Å². The van der Waals surface area contributed by atoms with Gasteiger partial charge < -0.3 is 10.5 Å². The molecule has 1 fully saturated rings. The van der Waals surface area contributed by atoms with Crippen LogP contribution >= 0.6 is 0 Å². The Hall–Kier alpha value is -1.55. The summed E-state index contributed by atoms with van der Waals surface area (Å²) in [5.74, 6) is 0.918. The van der Waals surface area contributed by atoms with Gasteiger partial charge in [0, 0.05) is 12.1 Å². The molecular weight excluding hydrogens is 226 g/mol. The zero-order valence-corrected chi connectivity index (χ0v) is 10.9. The van der Waals surface area contributed by atoms with E-state index in [1.165, 1.54) is 25.9 Å². The van der Waals surface area contributed by atoms with Crippen LogP contribution in [0.15, 0.2) is 18.2 Å². The lowest BCUT2D eigenvalue weighted by Crippen LogP contribution is -2.25. The van der Waals surface area contributed by atoms with E-state index in [2.05, 4.69) is 4.90 Å². The van der Waals surface area contributed by atoms with Crippen molar-refractivity contribution in [2.45, 2.75) is 19.8 Å². The Bertz CT molecular complexity index is 425. The van der Waals surface area contributed by atoms with Crippen molar-refractivity contribution in [3.63, 3.8) is 0 Å². The number of nitrogen functional groups attached to an aromatic ring is 1. The first kappa shape index (κ1) is 12.9. The van der Waals surface area contributed by atoms with Gasteiger partial charge in [-0.1, -0.05) is 12.1 Å². The molecule has 1 heterocycles. The van der Waals surface area contributed by atoms with Crippen LogP contribution in [0.1, 0.15) is 24.0 Å². The zero-order valence-electron chi connectivity index (χ0n) is 10.9. The van der Waals surface area contributed by atoms with E-state index in [-0.39, 0.29) is 5.84 Å². The average Bonchev–Trinajstić information content (AvgIpc) is 2.84. The first-order valence-corrected chi connectivity index (χ1v) is 6.47. The summed E-state index contributed by atoms with van der Waals surface area (Å²) in [6.07, 6.45) is 2.61. The highest BCUT2D eigenvalue weighted by atomic mass is 16.5. The molecule has 1 aromatic rings. The number of aryl methyl sites for hydroxylation is 1. The number of hydrogen-bond donors (Lipinski definition) is 2. The number of ether oxygens (including phenoxy) is 1. The molecule has 1 saturated heterocycles. The van der Waals surface area contributed by atoms with Crippen molar-refractivity contribution in [2.75, 3.05) is 26.2 Å². The molecule has 0 aliphatic carbocycles. The summed E-state index contributed by atoms with van der Waals surface area (Å²) in [6, 6.07) is 5.65. The van der Waals surface area contributed by atoms with Gasteiger partial charge in [0.2, 0.25) is 0 Å². The summed E-state index contributed by atoms with van der Waals surface area (Å²) in [5.41, 5.74) is 7.28. The minimum Gasteiger partial charge on any atom is -0.492 e. The van der Waals surface area contributed by atoms with Crippen LogP contribution in [-0.4, -0.2) is 37.0 Å². The van der Waals surface area contributed by atoms with E-state index in [0.29, 0.717) is 6.61 Å². The molecule has 0 atom stereocenters. The molecule has 0 bridgehead atoms. The summed E-state index contributed by atoms with van der Waals surface area (Å²) in [4.78, 5) is 2.42. The maximum atomic E-state index is 7.43. The maximum Gasteiger partial charge on any atom is 0.122 e. The SMILES string of the molecule is Cc1ccc(C(=N)N)cc1OCCN1CCCC1. The standard InChI is InChI=1S/C14H21N3O/c1-11-4-5-12(14(15)16)10-13(11)18-9-8-17-6-2-3-7-17/h4-5,10H,2-3,6-9H2,1H3,(H3,15,16). The Morgan fingerprint density at radius 1 is 1.39 bits per heavy atom. The fourth-order valence-corrected chi connectivity index (χ4v) is 2.21. The van der Waals surface area contributed by atoms with Crippen LogP contribution in [0.4, 0.5) is 0 Å². The molecule has 4 nitrogen and oxygen atoms in total. The van der Waals surface area contributed by atoms with Gasteiger partial charge in [-0.25, -0.2) is 0 Å². The second kappa shape index (κ2) is 5.87. The largest absolute Gasteiger partial charge is 0.492 e. The van der Waals surface area contributed by atoms with Crippen LogP contribution in [-0.2, 0) is 0 Å². The predicted molar refractivity (Wildman–Crippen MR) is 73.4 cm³/mol. The lowest BCUT2D eigenvalue weighted by atomic mass is 10.1. The number of rotatable bonds is 5. The van der Waals surface area contributed by atoms with Crippen LogP contribution < -0.4 is 10.5 Å². The molecule has 3 N–H and O–H groups in total. The molecule has 0 saturated carbocycles. The Kier molecular flexibility index (Phi) is 4.20. The van der Waals surface area contributed by atoms with Gasteiger partial charge in [-0.15, -0.1) is 0 Å². The second-order valence-corrected chi connectivity index (χ2v) is 4.79. The fraction of sp³-hybridized carbons (Fsp3) is 0.500. The minimum absolute atomic E-state index is 0.0828. The van der Waals surface area contributed by atoms with E-state index in [1.807, 2.05) is 25.1 Å². The van der Waals surface area contributed by atoms with Gasteiger partial charge in [-0.3, -0.25) is 10.3 Å². The van der Waals surface area contributed by atoms with Gasteiger partial charge in [0.25, 0.3) is 0 Å². The Morgan fingerprint density at radius 2 is 2.11 bits per heavy atom. The number of nitrogens with one attached hydrogen (secondary N) is 1. The van der Waals surface area contributed by atoms with E-state index in [4.69, 9.17) is 15.9 Å². The van der Waals surface area contributed by atoms with Crippen molar-refractivity contribution in [1.29, 1.82) is 5.41 Å². The van der Waals surface area contributed by atoms with E-state index >= 15 is 0 Å². The summed E-state index contributed by atoms with van der Waals surface area (Å²) >= 11 is 0. The molecule has 98 valence electrons. The Labute approximate surface area is 108 Å². The summed E-state index contributed by atoms with van der Waals surface area (Å²) in [6.45, 7) is 6.06. The molecule has 1 aliphatic heterocycles. The smallest absolute Gasteiger partial charge is 0.122 e. The number of nitrogens with two attached hydrogens (primary N) is 1. The first-order chi connectivity index (χ1) is 8.66. The van der Waals surface area contributed by atoms with Gasteiger partial charge in [0.05, 0.1) is 0 Å². The van der Waals surface area contributed by atoms with Crippen molar-refractivity contribution < 1.29 is 4.74 Å². The third kappa shape index (κ3) is 3.23.